The van der Waals surface area contributed by atoms with Crippen LogP contribution in [0.5, 0.6) is 0 Å². The fraction of sp³-hybridized carbons (Fsp3) is 1.00. The number of thioether (sulfide) groups is 1. The second-order valence-electron chi connectivity index (χ2n) is 5.74. The van der Waals surface area contributed by atoms with Crippen LogP contribution in [0, 0.1) is 0 Å². The Morgan fingerprint density at radius 3 is 1.88 bits per heavy atom. The summed E-state index contributed by atoms with van der Waals surface area (Å²) in [5, 5.41) is 67.3. The van der Waals surface area contributed by atoms with Crippen LogP contribution in [0.1, 0.15) is 0 Å². The van der Waals surface area contributed by atoms with E-state index >= 15 is 0 Å². The first-order chi connectivity index (χ1) is 11.3. The summed E-state index contributed by atoms with van der Waals surface area (Å²) in [6.45, 7) is -1.09. The number of ether oxygens (including phenoxy) is 3. The van der Waals surface area contributed by atoms with Gasteiger partial charge in [0.25, 0.3) is 0 Å². The lowest BCUT2D eigenvalue weighted by molar-refractivity contribution is -0.245. The molecule has 0 amide bonds. The molecule has 10 nitrogen and oxygen atoms in total. The average Bonchev–Trinajstić information content (AvgIpc) is 2.59. The van der Waals surface area contributed by atoms with Crippen molar-refractivity contribution in [3.8, 4) is 0 Å². The molecule has 0 spiro atoms. The summed E-state index contributed by atoms with van der Waals surface area (Å²) in [5.41, 5.74) is -1.11. The van der Waals surface area contributed by atoms with E-state index in [9.17, 15) is 30.6 Å². The maximum Gasteiger partial charge on any atom is 0.172 e. The van der Waals surface area contributed by atoms with E-state index in [0.29, 0.717) is 0 Å². The lowest BCUT2D eigenvalue weighted by Crippen LogP contribution is -2.61. The number of aliphatic hydroxyl groups excluding tert-OH is 7. The quantitative estimate of drug-likeness (QED) is 0.251. The number of methoxy groups -OCH3 is 1. The van der Waals surface area contributed by atoms with Gasteiger partial charge in [-0.2, -0.15) is 0 Å². The molecule has 0 aromatic heterocycles. The van der Waals surface area contributed by atoms with Gasteiger partial charge in [-0.25, -0.2) is 0 Å². The van der Waals surface area contributed by atoms with E-state index in [2.05, 4.69) is 0 Å². The highest BCUT2D eigenvalue weighted by atomic mass is 32.2. The van der Waals surface area contributed by atoms with E-state index in [1.165, 1.54) is 7.11 Å². The van der Waals surface area contributed by atoms with Crippen LogP contribution in [0.2, 0.25) is 0 Å². The molecule has 0 aromatic carbocycles. The zero-order valence-electron chi connectivity index (χ0n) is 13.0. The minimum Gasteiger partial charge on any atom is -0.394 e. The third-order valence-electron chi connectivity index (χ3n) is 4.20. The smallest absolute Gasteiger partial charge is 0.172 e. The summed E-state index contributed by atoms with van der Waals surface area (Å²) in [5.74, 6) is 0. The topological polar surface area (TPSA) is 169 Å². The monoisotopic (exact) mass is 372 g/mol. The van der Waals surface area contributed by atoms with Crippen LogP contribution in [0.25, 0.3) is 0 Å². The highest BCUT2D eigenvalue weighted by molar-refractivity contribution is 8.00. The number of hydrogen-bond acceptors (Lipinski definition) is 11. The van der Waals surface area contributed by atoms with Gasteiger partial charge in [-0.05, 0) is 0 Å². The fourth-order valence-corrected chi connectivity index (χ4v) is 4.19. The van der Waals surface area contributed by atoms with Crippen LogP contribution in [0.4, 0.5) is 0 Å². The minimum atomic E-state index is -1.55. The maximum atomic E-state index is 10.3. The van der Waals surface area contributed by atoms with Crippen molar-refractivity contribution in [3.63, 3.8) is 0 Å². The highest BCUT2D eigenvalue weighted by Gasteiger charge is 2.50. The summed E-state index contributed by atoms with van der Waals surface area (Å²) in [4.78, 5) is 0. The predicted molar refractivity (Wildman–Crippen MR) is 79.9 cm³/mol. The first-order valence-corrected chi connectivity index (χ1v) is 8.41. The van der Waals surface area contributed by atoms with E-state index in [1.54, 1.807) is 0 Å². The molecule has 7 N–H and O–H groups in total. The van der Waals surface area contributed by atoms with Gasteiger partial charge in [0.2, 0.25) is 0 Å². The molecule has 2 aliphatic rings. The zero-order valence-corrected chi connectivity index (χ0v) is 13.8. The van der Waals surface area contributed by atoms with E-state index in [-0.39, 0.29) is 0 Å². The molecule has 0 saturated carbocycles. The zero-order chi connectivity index (χ0) is 18.0. The van der Waals surface area contributed by atoms with Gasteiger partial charge in [0.05, 0.1) is 24.6 Å². The fourth-order valence-electron chi connectivity index (χ4n) is 2.73. The Kier molecular flexibility index (Phi) is 7.22. The van der Waals surface area contributed by atoms with Crippen molar-refractivity contribution in [1.82, 2.24) is 0 Å². The van der Waals surface area contributed by atoms with Crippen molar-refractivity contribution in [1.29, 1.82) is 0 Å². The summed E-state index contributed by atoms with van der Waals surface area (Å²) in [6.07, 6.45) is -10.4. The molecule has 0 aromatic rings. The van der Waals surface area contributed by atoms with Crippen LogP contribution in [0.15, 0.2) is 0 Å². The number of rotatable bonds is 5. The van der Waals surface area contributed by atoms with E-state index in [4.69, 9.17) is 19.3 Å². The Morgan fingerprint density at radius 2 is 1.33 bits per heavy atom. The highest BCUT2D eigenvalue weighted by Crippen LogP contribution is 2.37. The van der Waals surface area contributed by atoms with Crippen LogP contribution >= 0.6 is 11.8 Å². The molecule has 24 heavy (non-hydrogen) atoms. The van der Waals surface area contributed by atoms with E-state index in [0.717, 1.165) is 11.8 Å². The predicted octanol–water partition coefficient (Wildman–Crippen LogP) is -4.03. The van der Waals surface area contributed by atoms with Gasteiger partial charge in [0.1, 0.15) is 42.1 Å². The van der Waals surface area contributed by atoms with Gasteiger partial charge in [0, 0.05) is 7.11 Å². The third-order valence-corrected chi connectivity index (χ3v) is 5.67. The first-order valence-electron chi connectivity index (χ1n) is 7.46. The Bertz CT molecular complexity index is 397. The largest absolute Gasteiger partial charge is 0.394 e. The Morgan fingerprint density at radius 1 is 0.792 bits per heavy atom. The molecule has 0 aliphatic carbocycles. The van der Waals surface area contributed by atoms with Crippen LogP contribution in [-0.2, 0) is 14.2 Å². The minimum absolute atomic E-state index is 0.518. The SMILES string of the molecule is CO[C@H]1O[C@@H](CO)[C@H](O)[C@@H](O)[C@@H]1S[C@@H]1O[C@H](CO)[C@@H](O)[C@H](O)[C@H]1O. The second-order valence-corrected chi connectivity index (χ2v) is 7.02. The number of hydrogen-bond donors (Lipinski definition) is 7. The molecule has 2 aliphatic heterocycles. The Labute approximate surface area is 142 Å². The van der Waals surface area contributed by atoms with Crippen molar-refractivity contribution in [2.45, 2.75) is 59.7 Å². The van der Waals surface area contributed by atoms with Crippen molar-refractivity contribution in [3.05, 3.63) is 0 Å². The normalized spacial score (nSPS) is 50.0. The van der Waals surface area contributed by atoms with Crippen LogP contribution in [-0.4, -0.2) is 116 Å². The maximum absolute atomic E-state index is 10.3. The van der Waals surface area contributed by atoms with E-state index in [1.807, 2.05) is 0 Å². The Hall–Kier alpha value is -0.0500. The van der Waals surface area contributed by atoms with Crippen molar-refractivity contribution in [2.24, 2.45) is 0 Å². The van der Waals surface area contributed by atoms with Crippen molar-refractivity contribution < 1.29 is 50.0 Å². The van der Waals surface area contributed by atoms with E-state index < -0.39 is 72.9 Å². The molecular weight excluding hydrogens is 348 g/mol. The molecule has 2 saturated heterocycles. The average molecular weight is 372 g/mol. The van der Waals surface area contributed by atoms with Gasteiger partial charge < -0.3 is 50.0 Å². The molecule has 2 heterocycles. The second kappa shape index (κ2) is 8.56. The molecule has 10 atom stereocenters. The van der Waals surface area contributed by atoms with Gasteiger partial charge in [-0.15, -0.1) is 11.8 Å². The van der Waals surface area contributed by atoms with Gasteiger partial charge in [0.15, 0.2) is 6.29 Å². The first kappa shape index (κ1) is 20.3. The standard InChI is InChI=1S/C13H24O10S/c1-21-12-11(9(19)7(17)4(2-14)22-12)24-13-10(20)8(18)6(16)5(3-15)23-13/h4-20H,2-3H2,1H3/t4-,5+,6+,7-,8-,9+,10+,11-,12-,13-/m0/s1. The lowest BCUT2D eigenvalue weighted by Gasteiger charge is -2.45. The van der Waals surface area contributed by atoms with Crippen molar-refractivity contribution >= 4 is 11.8 Å². The van der Waals surface area contributed by atoms with Gasteiger partial charge in [-0.1, -0.05) is 0 Å². The molecular formula is C13H24O10S. The Balaban J connectivity index is 2.12. The molecule has 11 heteroatoms. The van der Waals surface area contributed by atoms with Crippen molar-refractivity contribution in [2.75, 3.05) is 20.3 Å². The third kappa shape index (κ3) is 3.86. The molecule has 2 rings (SSSR count). The molecule has 0 unspecified atom stereocenters. The molecule has 2 fully saturated rings. The summed E-state index contributed by atoms with van der Waals surface area (Å²) < 4.78 is 15.8. The van der Waals surface area contributed by atoms with Crippen LogP contribution < -0.4 is 0 Å². The summed E-state index contributed by atoms with van der Waals surface area (Å²) in [6, 6.07) is 0. The molecule has 0 bridgehead atoms. The lowest BCUT2D eigenvalue weighted by atomic mass is 10.0. The number of aliphatic hydroxyl groups is 7. The van der Waals surface area contributed by atoms with Gasteiger partial charge >= 0.3 is 0 Å². The molecule has 142 valence electrons. The van der Waals surface area contributed by atoms with Crippen LogP contribution in [0.3, 0.4) is 0 Å². The van der Waals surface area contributed by atoms with Gasteiger partial charge in [-0.3, -0.25) is 0 Å². The summed E-state index contributed by atoms with van der Waals surface area (Å²) in [7, 11) is 1.31. The molecule has 0 radical (unpaired) electrons. The summed E-state index contributed by atoms with van der Waals surface area (Å²) >= 11 is 0.835.